The SMILES string of the molecule is CCCCCCCCCCOOS(=O)(=O)OCCOCCOCC. The van der Waals surface area contributed by atoms with E-state index in [1.54, 1.807) is 0 Å². The summed E-state index contributed by atoms with van der Waals surface area (Å²) >= 11 is 0. The van der Waals surface area contributed by atoms with E-state index in [9.17, 15) is 8.42 Å². The summed E-state index contributed by atoms with van der Waals surface area (Å²) in [5, 5.41) is 0. The Bertz CT molecular complexity index is 346. The van der Waals surface area contributed by atoms with Crippen molar-refractivity contribution in [2.45, 2.75) is 65.2 Å². The molecule has 0 saturated heterocycles. The number of unbranched alkanes of at least 4 members (excludes halogenated alkanes) is 7. The van der Waals surface area contributed by atoms with Crippen LogP contribution in [0.1, 0.15) is 65.2 Å². The molecule has 0 fully saturated rings. The molecule has 0 amide bonds. The van der Waals surface area contributed by atoms with E-state index in [1.165, 1.54) is 32.1 Å². The van der Waals surface area contributed by atoms with Gasteiger partial charge in [-0.1, -0.05) is 56.2 Å². The van der Waals surface area contributed by atoms with E-state index in [-0.39, 0.29) is 19.8 Å². The quantitative estimate of drug-likeness (QED) is 0.196. The number of hydrogen-bond donors (Lipinski definition) is 0. The van der Waals surface area contributed by atoms with Gasteiger partial charge >= 0.3 is 10.4 Å². The first kappa shape index (κ1) is 23.8. The molecule has 0 aromatic heterocycles. The van der Waals surface area contributed by atoms with Gasteiger partial charge < -0.3 is 9.47 Å². The van der Waals surface area contributed by atoms with Gasteiger partial charge in [0.15, 0.2) is 0 Å². The van der Waals surface area contributed by atoms with E-state index in [2.05, 4.69) is 20.3 Å². The third-order valence-corrected chi connectivity index (χ3v) is 3.96. The van der Waals surface area contributed by atoms with Crippen molar-refractivity contribution in [2.24, 2.45) is 0 Å². The molecule has 24 heavy (non-hydrogen) atoms. The summed E-state index contributed by atoms with van der Waals surface area (Å²) < 4.78 is 41.8. The average molecular weight is 371 g/mol. The second-order valence-corrected chi connectivity index (χ2v) is 6.59. The normalized spacial score (nSPS) is 11.9. The fourth-order valence-corrected chi connectivity index (χ4v) is 2.46. The van der Waals surface area contributed by atoms with Gasteiger partial charge in [0.2, 0.25) is 0 Å². The van der Waals surface area contributed by atoms with Crippen LogP contribution in [0.25, 0.3) is 0 Å². The maximum Gasteiger partial charge on any atom is 0.426 e. The van der Waals surface area contributed by atoms with Gasteiger partial charge in [0.1, 0.15) is 0 Å². The zero-order valence-electron chi connectivity index (χ0n) is 15.2. The third kappa shape index (κ3) is 18.1. The van der Waals surface area contributed by atoms with Crippen molar-refractivity contribution in [2.75, 3.05) is 39.6 Å². The Balaban J connectivity index is 3.35. The van der Waals surface area contributed by atoms with Crippen molar-refractivity contribution < 1.29 is 31.3 Å². The summed E-state index contributed by atoms with van der Waals surface area (Å²) in [7, 11) is -4.12. The van der Waals surface area contributed by atoms with E-state index < -0.39 is 10.4 Å². The van der Waals surface area contributed by atoms with Crippen LogP contribution in [-0.4, -0.2) is 48.1 Å². The van der Waals surface area contributed by atoms with Gasteiger partial charge in [0.05, 0.1) is 33.0 Å². The molecule has 0 aromatic carbocycles. The highest BCUT2D eigenvalue weighted by Crippen LogP contribution is 2.08. The van der Waals surface area contributed by atoms with Gasteiger partial charge in [-0.2, -0.15) is 8.42 Å². The highest BCUT2D eigenvalue weighted by atomic mass is 32.3. The van der Waals surface area contributed by atoms with Gasteiger partial charge in [0.25, 0.3) is 0 Å². The van der Waals surface area contributed by atoms with Crippen LogP contribution in [0.3, 0.4) is 0 Å². The minimum Gasteiger partial charge on any atom is -0.379 e. The Morgan fingerprint density at radius 2 is 1.25 bits per heavy atom. The van der Waals surface area contributed by atoms with Crippen LogP contribution in [0.5, 0.6) is 0 Å². The van der Waals surface area contributed by atoms with E-state index in [0.717, 1.165) is 19.3 Å². The molecule has 0 aromatic rings. The first-order chi connectivity index (χ1) is 11.6. The zero-order valence-corrected chi connectivity index (χ0v) is 16.0. The second kappa shape index (κ2) is 17.6. The summed E-state index contributed by atoms with van der Waals surface area (Å²) in [5.41, 5.74) is 0. The van der Waals surface area contributed by atoms with Crippen LogP contribution in [0.2, 0.25) is 0 Å². The maximum atomic E-state index is 11.4. The minimum atomic E-state index is -4.12. The lowest BCUT2D eigenvalue weighted by Crippen LogP contribution is -2.16. The van der Waals surface area contributed by atoms with Gasteiger partial charge in [-0.3, -0.25) is 0 Å². The Morgan fingerprint density at radius 1 is 0.667 bits per heavy atom. The van der Waals surface area contributed by atoms with Crippen molar-refractivity contribution in [1.82, 2.24) is 0 Å². The monoisotopic (exact) mass is 370 g/mol. The van der Waals surface area contributed by atoms with Crippen molar-refractivity contribution >= 4 is 10.4 Å². The Kier molecular flexibility index (Phi) is 17.4. The molecule has 0 atom stereocenters. The second-order valence-electron chi connectivity index (χ2n) is 5.40. The molecule has 8 heteroatoms. The van der Waals surface area contributed by atoms with Crippen LogP contribution in [-0.2, 0) is 33.3 Å². The molecule has 0 unspecified atom stereocenters. The first-order valence-corrected chi connectivity index (χ1v) is 10.3. The predicted molar refractivity (Wildman–Crippen MR) is 91.8 cm³/mol. The predicted octanol–water partition coefficient (Wildman–Crippen LogP) is 3.39. The van der Waals surface area contributed by atoms with Crippen molar-refractivity contribution in [3.63, 3.8) is 0 Å². The molecule has 0 N–H and O–H groups in total. The fraction of sp³-hybridized carbons (Fsp3) is 1.00. The Hall–Kier alpha value is -0.250. The zero-order chi connectivity index (χ0) is 17.9. The van der Waals surface area contributed by atoms with Crippen LogP contribution in [0, 0.1) is 0 Å². The molecular formula is C16H34O7S. The first-order valence-electron chi connectivity index (χ1n) is 8.98. The third-order valence-electron chi connectivity index (χ3n) is 3.24. The summed E-state index contributed by atoms with van der Waals surface area (Å²) in [6.07, 6.45) is 9.23. The molecule has 7 nitrogen and oxygen atoms in total. The van der Waals surface area contributed by atoms with Gasteiger partial charge in [-0.15, -0.1) is 0 Å². The number of ether oxygens (including phenoxy) is 2. The van der Waals surface area contributed by atoms with Crippen LogP contribution >= 0.6 is 0 Å². The van der Waals surface area contributed by atoms with Crippen molar-refractivity contribution in [3.05, 3.63) is 0 Å². The molecule has 0 spiro atoms. The highest BCUT2D eigenvalue weighted by Gasteiger charge is 2.12. The smallest absolute Gasteiger partial charge is 0.379 e. The van der Waals surface area contributed by atoms with Crippen LogP contribution in [0.15, 0.2) is 0 Å². The summed E-state index contributed by atoms with van der Waals surface area (Å²) in [5.74, 6) is 0. The van der Waals surface area contributed by atoms with Gasteiger partial charge in [-0.25, -0.2) is 9.07 Å². The molecule has 0 aliphatic carbocycles. The minimum absolute atomic E-state index is 0.115. The highest BCUT2D eigenvalue weighted by molar-refractivity contribution is 7.81. The molecule has 0 radical (unpaired) electrons. The van der Waals surface area contributed by atoms with E-state index in [4.69, 9.17) is 9.47 Å². The topological polar surface area (TPSA) is 80.3 Å². The average Bonchev–Trinajstić information content (AvgIpc) is 2.55. The van der Waals surface area contributed by atoms with Gasteiger partial charge in [-0.05, 0) is 13.3 Å². The Morgan fingerprint density at radius 3 is 1.92 bits per heavy atom. The Labute approximate surface area is 147 Å². The summed E-state index contributed by atoms with van der Waals surface area (Å²) in [6.45, 7) is 5.85. The molecule has 0 rings (SSSR count). The number of rotatable bonds is 19. The summed E-state index contributed by atoms with van der Waals surface area (Å²) in [4.78, 5) is 4.68. The van der Waals surface area contributed by atoms with Crippen LogP contribution in [0.4, 0.5) is 0 Å². The number of hydrogen-bond acceptors (Lipinski definition) is 7. The molecule has 0 saturated carbocycles. The summed E-state index contributed by atoms with van der Waals surface area (Å²) in [6, 6.07) is 0. The fourth-order valence-electron chi connectivity index (χ4n) is 1.97. The van der Waals surface area contributed by atoms with Crippen LogP contribution < -0.4 is 0 Å². The van der Waals surface area contributed by atoms with E-state index >= 15 is 0 Å². The largest absolute Gasteiger partial charge is 0.426 e. The molecule has 0 heterocycles. The lowest BCUT2D eigenvalue weighted by molar-refractivity contribution is -0.210. The van der Waals surface area contributed by atoms with E-state index in [0.29, 0.717) is 19.8 Å². The maximum absolute atomic E-state index is 11.4. The molecule has 146 valence electrons. The molecule has 0 aliphatic heterocycles. The molecule has 0 bridgehead atoms. The molecular weight excluding hydrogens is 336 g/mol. The van der Waals surface area contributed by atoms with E-state index in [1.807, 2.05) is 6.92 Å². The van der Waals surface area contributed by atoms with Gasteiger partial charge in [0, 0.05) is 6.61 Å². The lowest BCUT2D eigenvalue weighted by atomic mass is 10.1. The molecule has 0 aliphatic rings. The van der Waals surface area contributed by atoms with Crippen molar-refractivity contribution in [3.8, 4) is 0 Å². The van der Waals surface area contributed by atoms with Crippen molar-refractivity contribution in [1.29, 1.82) is 0 Å². The lowest BCUT2D eigenvalue weighted by Gasteiger charge is -2.06. The standard InChI is InChI=1S/C16H34O7S/c1-3-5-6-7-8-9-10-11-12-21-23-24(17,18)22-16-15-20-14-13-19-4-2/h3-16H2,1-2H3.